The Morgan fingerprint density at radius 1 is 1.40 bits per heavy atom. The smallest absolute Gasteiger partial charge is 0.318 e. The summed E-state index contributed by atoms with van der Waals surface area (Å²) in [6.45, 7) is 0.247. The van der Waals surface area contributed by atoms with E-state index in [1.54, 1.807) is 7.11 Å². The zero-order valence-corrected chi connectivity index (χ0v) is 11.2. The van der Waals surface area contributed by atoms with Crippen LogP contribution in [0.25, 0.3) is 0 Å². The topological polar surface area (TPSA) is 73.5 Å². The van der Waals surface area contributed by atoms with Crippen molar-refractivity contribution in [1.82, 2.24) is 9.97 Å². The van der Waals surface area contributed by atoms with E-state index in [9.17, 15) is 4.39 Å². The first-order valence-corrected chi connectivity index (χ1v) is 5.87. The van der Waals surface area contributed by atoms with E-state index in [1.807, 2.05) is 24.3 Å². The van der Waals surface area contributed by atoms with Crippen molar-refractivity contribution in [3.05, 3.63) is 41.8 Å². The zero-order chi connectivity index (χ0) is 14.5. The molecule has 0 aliphatic heterocycles. The van der Waals surface area contributed by atoms with Gasteiger partial charge in [0, 0.05) is 7.05 Å². The number of hydrogen-bond acceptors (Lipinski definition) is 6. The minimum atomic E-state index is -0.608. The maximum Gasteiger partial charge on any atom is 0.318 e. The third kappa shape index (κ3) is 3.33. The summed E-state index contributed by atoms with van der Waals surface area (Å²) in [6, 6.07) is 7.45. The molecule has 2 N–H and O–H groups in total. The van der Waals surface area contributed by atoms with Crippen molar-refractivity contribution in [2.45, 2.75) is 6.61 Å². The molecule has 20 heavy (non-hydrogen) atoms. The zero-order valence-electron chi connectivity index (χ0n) is 11.2. The number of hydrazine groups is 1. The van der Waals surface area contributed by atoms with Gasteiger partial charge in [0.05, 0.1) is 13.3 Å². The van der Waals surface area contributed by atoms with Gasteiger partial charge in [-0.25, -0.2) is 15.2 Å². The fraction of sp³-hybridized carbons (Fsp3) is 0.231. The number of nitrogens with two attached hydrogens (primary N) is 1. The number of halogens is 1. The van der Waals surface area contributed by atoms with Crippen LogP contribution in [0.5, 0.6) is 11.8 Å². The lowest BCUT2D eigenvalue weighted by molar-refractivity contribution is 0.278. The first-order chi connectivity index (χ1) is 9.60. The molecule has 0 bridgehead atoms. The van der Waals surface area contributed by atoms with Gasteiger partial charge in [0.1, 0.15) is 12.4 Å². The molecule has 0 amide bonds. The van der Waals surface area contributed by atoms with Crippen LogP contribution in [0.4, 0.5) is 10.2 Å². The van der Waals surface area contributed by atoms with Crippen molar-refractivity contribution in [1.29, 1.82) is 0 Å². The van der Waals surface area contributed by atoms with Crippen LogP contribution in [0.2, 0.25) is 0 Å². The quantitative estimate of drug-likeness (QED) is 0.660. The van der Waals surface area contributed by atoms with Crippen molar-refractivity contribution >= 4 is 5.82 Å². The number of methoxy groups -OCH3 is 1. The van der Waals surface area contributed by atoms with Gasteiger partial charge in [-0.2, -0.15) is 4.98 Å². The molecule has 106 valence electrons. The van der Waals surface area contributed by atoms with Crippen LogP contribution >= 0.6 is 0 Å². The summed E-state index contributed by atoms with van der Waals surface area (Å²) in [5.74, 6) is 5.55. The molecule has 2 aromatic rings. The van der Waals surface area contributed by atoms with E-state index in [1.165, 1.54) is 7.05 Å². The van der Waals surface area contributed by atoms with Gasteiger partial charge in [0.2, 0.25) is 0 Å². The molecule has 1 aromatic heterocycles. The molecule has 0 fully saturated rings. The number of hydrogen-bond donors (Lipinski definition) is 1. The SMILES string of the molecule is COc1cccc(COc2ncc(F)c(N(C)N)n2)c1. The molecule has 0 aliphatic carbocycles. The van der Waals surface area contributed by atoms with Crippen molar-refractivity contribution in [3.63, 3.8) is 0 Å². The highest BCUT2D eigenvalue weighted by Gasteiger charge is 2.10. The lowest BCUT2D eigenvalue weighted by atomic mass is 10.2. The van der Waals surface area contributed by atoms with Gasteiger partial charge in [-0.15, -0.1) is 0 Å². The Bertz CT molecular complexity index is 592. The molecule has 0 aliphatic rings. The minimum absolute atomic E-state index is 0.0272. The highest BCUT2D eigenvalue weighted by Crippen LogP contribution is 2.17. The van der Waals surface area contributed by atoms with E-state index >= 15 is 0 Å². The molecule has 0 spiro atoms. The van der Waals surface area contributed by atoms with Crippen molar-refractivity contribution < 1.29 is 13.9 Å². The molecule has 2 rings (SSSR count). The second-order valence-electron chi connectivity index (χ2n) is 4.08. The summed E-state index contributed by atoms with van der Waals surface area (Å²) in [7, 11) is 3.07. The maximum atomic E-state index is 13.4. The molecule has 7 heteroatoms. The molecule has 0 saturated carbocycles. The highest BCUT2D eigenvalue weighted by molar-refractivity contribution is 5.37. The number of anilines is 1. The van der Waals surface area contributed by atoms with Crippen LogP contribution in [0, 0.1) is 5.82 Å². The Balaban J connectivity index is 2.08. The summed E-state index contributed by atoms with van der Waals surface area (Å²) < 4.78 is 23.9. The largest absolute Gasteiger partial charge is 0.497 e. The normalized spacial score (nSPS) is 10.2. The van der Waals surface area contributed by atoms with Gasteiger partial charge in [-0.05, 0) is 17.7 Å². The van der Waals surface area contributed by atoms with E-state index in [-0.39, 0.29) is 18.4 Å². The van der Waals surface area contributed by atoms with Gasteiger partial charge in [-0.3, -0.25) is 5.01 Å². The Labute approximate surface area is 115 Å². The molecule has 1 aromatic carbocycles. The third-order valence-corrected chi connectivity index (χ3v) is 2.54. The standard InChI is InChI=1S/C13H15FN4O2/c1-18(15)12-11(14)7-16-13(17-12)20-8-9-4-3-5-10(6-9)19-2/h3-7H,8,15H2,1-2H3. The Morgan fingerprint density at radius 3 is 2.90 bits per heavy atom. The molecule has 0 radical (unpaired) electrons. The van der Waals surface area contributed by atoms with Crippen LogP contribution in [0.15, 0.2) is 30.5 Å². The average molecular weight is 278 g/mol. The van der Waals surface area contributed by atoms with Gasteiger partial charge < -0.3 is 9.47 Å². The predicted molar refractivity (Wildman–Crippen MR) is 71.9 cm³/mol. The number of ether oxygens (including phenoxy) is 2. The maximum absolute atomic E-state index is 13.4. The summed E-state index contributed by atoms with van der Waals surface area (Å²) >= 11 is 0. The van der Waals surface area contributed by atoms with E-state index < -0.39 is 5.82 Å². The van der Waals surface area contributed by atoms with E-state index in [0.717, 1.165) is 22.5 Å². The summed E-state index contributed by atoms with van der Waals surface area (Å²) in [5, 5.41) is 1.06. The second-order valence-corrected chi connectivity index (χ2v) is 4.08. The van der Waals surface area contributed by atoms with Gasteiger partial charge >= 0.3 is 6.01 Å². The molecule has 1 heterocycles. The van der Waals surface area contributed by atoms with Crippen molar-refractivity contribution in [3.8, 4) is 11.8 Å². The van der Waals surface area contributed by atoms with Crippen LogP contribution in [-0.4, -0.2) is 24.1 Å². The van der Waals surface area contributed by atoms with Gasteiger partial charge in [0.15, 0.2) is 11.6 Å². The van der Waals surface area contributed by atoms with Crippen molar-refractivity contribution in [2.24, 2.45) is 5.84 Å². The number of benzene rings is 1. The van der Waals surface area contributed by atoms with Crippen molar-refractivity contribution in [2.75, 3.05) is 19.2 Å². The highest BCUT2D eigenvalue weighted by atomic mass is 19.1. The Morgan fingerprint density at radius 2 is 2.20 bits per heavy atom. The third-order valence-electron chi connectivity index (χ3n) is 2.54. The Kier molecular flexibility index (Phi) is 4.31. The molecule has 6 nitrogen and oxygen atoms in total. The summed E-state index contributed by atoms with van der Waals surface area (Å²) in [5.41, 5.74) is 0.889. The fourth-order valence-electron chi connectivity index (χ4n) is 1.57. The van der Waals surface area contributed by atoms with Crippen LogP contribution in [-0.2, 0) is 6.61 Å². The summed E-state index contributed by atoms with van der Waals surface area (Å²) in [4.78, 5) is 7.65. The Hall–Kier alpha value is -2.41. The van der Waals surface area contributed by atoms with E-state index in [4.69, 9.17) is 15.3 Å². The number of rotatable bonds is 5. The van der Waals surface area contributed by atoms with E-state index in [0.29, 0.717) is 0 Å². The minimum Gasteiger partial charge on any atom is -0.497 e. The number of nitrogens with zero attached hydrogens (tertiary/aromatic N) is 3. The van der Waals surface area contributed by atoms with Crippen LogP contribution in [0.3, 0.4) is 0 Å². The lowest BCUT2D eigenvalue weighted by Crippen LogP contribution is -2.27. The lowest BCUT2D eigenvalue weighted by Gasteiger charge is -2.12. The van der Waals surface area contributed by atoms with Gasteiger partial charge in [-0.1, -0.05) is 12.1 Å². The van der Waals surface area contributed by atoms with Gasteiger partial charge in [0.25, 0.3) is 0 Å². The molecular formula is C13H15FN4O2. The van der Waals surface area contributed by atoms with Crippen LogP contribution in [0.1, 0.15) is 5.56 Å². The van der Waals surface area contributed by atoms with E-state index in [2.05, 4.69) is 9.97 Å². The molecule has 0 saturated heterocycles. The monoisotopic (exact) mass is 278 g/mol. The molecule has 0 unspecified atom stereocenters. The fourth-order valence-corrected chi connectivity index (χ4v) is 1.57. The first-order valence-electron chi connectivity index (χ1n) is 5.87. The van der Waals surface area contributed by atoms with Crippen LogP contribution < -0.4 is 20.3 Å². The summed E-state index contributed by atoms with van der Waals surface area (Å²) in [6.07, 6.45) is 1.02. The first kappa shape index (κ1) is 14.0. The second kappa shape index (κ2) is 6.16. The molecular weight excluding hydrogens is 263 g/mol. The number of aromatic nitrogens is 2. The predicted octanol–water partition coefficient (Wildman–Crippen LogP) is 1.51. The average Bonchev–Trinajstić information content (AvgIpc) is 2.46. The molecule has 0 atom stereocenters.